The second-order valence-corrected chi connectivity index (χ2v) is 8.12. The molecule has 3 aromatic rings. The Balaban J connectivity index is 2.06. The van der Waals surface area contributed by atoms with Crippen molar-refractivity contribution in [2.24, 2.45) is 5.92 Å². The van der Waals surface area contributed by atoms with Gasteiger partial charge in [0.15, 0.2) is 0 Å². The monoisotopic (exact) mass is 453 g/mol. The number of methoxy groups -OCH3 is 2. The molecule has 0 radical (unpaired) electrons. The van der Waals surface area contributed by atoms with Crippen LogP contribution in [0.1, 0.15) is 59.8 Å². The van der Waals surface area contributed by atoms with Crippen molar-refractivity contribution in [1.29, 1.82) is 0 Å². The first-order chi connectivity index (χ1) is 15.8. The van der Waals surface area contributed by atoms with Crippen LogP contribution in [0.25, 0.3) is 10.9 Å². The Morgan fingerprint density at radius 1 is 1.06 bits per heavy atom. The summed E-state index contributed by atoms with van der Waals surface area (Å²) in [6.45, 7) is 4.70. The van der Waals surface area contributed by atoms with Crippen LogP contribution < -0.4 is 4.74 Å². The number of rotatable bonds is 10. The maximum Gasteiger partial charge on any atom is 0.337 e. The van der Waals surface area contributed by atoms with Crippen molar-refractivity contribution in [2.45, 2.75) is 45.8 Å². The number of carbonyl (C=O) groups excluding carboxylic acids is 1. The van der Waals surface area contributed by atoms with Gasteiger partial charge in [-0.25, -0.2) is 4.79 Å². The predicted molar refractivity (Wildman–Crippen MR) is 126 cm³/mol. The number of esters is 1. The molecule has 2 atom stereocenters. The molecular weight excluding hydrogens is 422 g/mol. The minimum absolute atomic E-state index is 0.335. The van der Waals surface area contributed by atoms with Gasteiger partial charge >= 0.3 is 11.9 Å². The molecule has 0 amide bonds. The molecule has 0 aliphatic heterocycles. The first-order valence-corrected chi connectivity index (χ1v) is 11.1. The Labute approximate surface area is 193 Å². The molecule has 0 aliphatic rings. The second kappa shape index (κ2) is 10.5. The number of aliphatic hydroxyl groups is 1. The maximum atomic E-state index is 11.9. The summed E-state index contributed by atoms with van der Waals surface area (Å²) in [7, 11) is 2.90. The number of carboxylic acids is 1. The average Bonchev–Trinajstić information content (AvgIpc) is 3.15. The van der Waals surface area contributed by atoms with E-state index in [0.717, 1.165) is 35.0 Å². The third-order valence-corrected chi connectivity index (χ3v) is 6.02. The fourth-order valence-corrected chi connectivity index (χ4v) is 4.25. The summed E-state index contributed by atoms with van der Waals surface area (Å²) >= 11 is 0. The van der Waals surface area contributed by atoms with E-state index in [-0.39, 0.29) is 0 Å². The molecule has 0 aliphatic carbocycles. The van der Waals surface area contributed by atoms with E-state index >= 15 is 0 Å². The number of fused-ring (bicyclic) bond motifs is 1. The summed E-state index contributed by atoms with van der Waals surface area (Å²) in [5, 5.41) is 21.2. The highest BCUT2D eigenvalue weighted by Gasteiger charge is 2.26. The highest BCUT2D eigenvalue weighted by molar-refractivity contribution is 5.90. The standard InChI is InChI=1S/C26H31NO6/c1-5-11-27-15-19(12-16-7-8-18(26(31)33-4)14-23(16)32-3)21-13-17(9-10-22(21)27)24(28)20(6-2)25(29)30/h7-10,13-15,20,24,28H,5-6,11-12H2,1-4H3,(H,29,30). The summed E-state index contributed by atoms with van der Waals surface area (Å²) < 4.78 is 12.5. The Kier molecular flexibility index (Phi) is 7.76. The quantitative estimate of drug-likeness (QED) is 0.436. The van der Waals surface area contributed by atoms with Crippen molar-refractivity contribution in [3.63, 3.8) is 0 Å². The van der Waals surface area contributed by atoms with Gasteiger partial charge in [0.25, 0.3) is 0 Å². The topological polar surface area (TPSA) is 98.0 Å². The van der Waals surface area contributed by atoms with Gasteiger partial charge in [0, 0.05) is 30.1 Å². The molecule has 0 spiro atoms. The van der Waals surface area contributed by atoms with Crippen molar-refractivity contribution < 1.29 is 29.3 Å². The fourth-order valence-electron chi connectivity index (χ4n) is 4.25. The van der Waals surface area contributed by atoms with Crippen LogP contribution >= 0.6 is 0 Å². The summed E-state index contributed by atoms with van der Waals surface area (Å²) in [6.07, 6.45) is 2.84. The molecule has 0 saturated carbocycles. The molecule has 1 aromatic heterocycles. The van der Waals surface area contributed by atoms with Gasteiger partial charge in [-0.2, -0.15) is 0 Å². The molecule has 33 heavy (non-hydrogen) atoms. The van der Waals surface area contributed by atoms with E-state index in [9.17, 15) is 19.8 Å². The van der Waals surface area contributed by atoms with Crippen LogP contribution in [0.4, 0.5) is 0 Å². The van der Waals surface area contributed by atoms with Gasteiger partial charge < -0.3 is 24.3 Å². The van der Waals surface area contributed by atoms with Crippen LogP contribution in [0.3, 0.4) is 0 Å². The van der Waals surface area contributed by atoms with Crippen molar-refractivity contribution in [3.05, 3.63) is 64.8 Å². The highest BCUT2D eigenvalue weighted by Crippen LogP contribution is 2.32. The summed E-state index contributed by atoms with van der Waals surface area (Å²) in [6, 6.07) is 10.9. The highest BCUT2D eigenvalue weighted by atomic mass is 16.5. The van der Waals surface area contributed by atoms with Crippen LogP contribution in [-0.4, -0.2) is 40.9 Å². The number of hydrogen-bond donors (Lipinski definition) is 2. The van der Waals surface area contributed by atoms with Gasteiger partial charge in [0.2, 0.25) is 0 Å². The zero-order valence-electron chi connectivity index (χ0n) is 19.5. The van der Waals surface area contributed by atoms with Gasteiger partial charge in [0.05, 0.1) is 31.8 Å². The smallest absolute Gasteiger partial charge is 0.337 e. The van der Waals surface area contributed by atoms with Gasteiger partial charge in [-0.15, -0.1) is 0 Å². The van der Waals surface area contributed by atoms with Crippen LogP contribution in [-0.2, 0) is 22.5 Å². The number of hydrogen-bond acceptors (Lipinski definition) is 5. The number of nitrogens with zero attached hydrogens (tertiary/aromatic N) is 1. The van der Waals surface area contributed by atoms with Gasteiger partial charge in [-0.1, -0.05) is 26.0 Å². The van der Waals surface area contributed by atoms with Crippen LogP contribution in [0, 0.1) is 5.92 Å². The molecular formula is C26H31NO6. The number of aliphatic carboxylic acids is 1. The lowest BCUT2D eigenvalue weighted by atomic mass is 9.92. The molecule has 7 nitrogen and oxygen atoms in total. The third kappa shape index (κ3) is 5.03. The Morgan fingerprint density at radius 2 is 1.82 bits per heavy atom. The lowest BCUT2D eigenvalue weighted by molar-refractivity contribution is -0.146. The van der Waals surface area contributed by atoms with Crippen molar-refractivity contribution in [1.82, 2.24) is 4.57 Å². The molecule has 176 valence electrons. The van der Waals surface area contributed by atoms with Crippen molar-refractivity contribution >= 4 is 22.8 Å². The normalized spacial score (nSPS) is 13.0. The number of aliphatic hydroxyl groups excluding tert-OH is 1. The van der Waals surface area contributed by atoms with E-state index in [2.05, 4.69) is 17.7 Å². The van der Waals surface area contributed by atoms with Gasteiger partial charge in [0.1, 0.15) is 5.75 Å². The molecule has 3 rings (SSSR count). The third-order valence-electron chi connectivity index (χ3n) is 6.02. The van der Waals surface area contributed by atoms with Crippen molar-refractivity contribution in [2.75, 3.05) is 14.2 Å². The van der Waals surface area contributed by atoms with Gasteiger partial charge in [-0.05, 0) is 53.8 Å². The number of benzene rings is 2. The second-order valence-electron chi connectivity index (χ2n) is 8.12. The minimum atomic E-state index is -1.09. The molecule has 0 saturated heterocycles. The Bertz CT molecular complexity index is 1150. The molecule has 0 fully saturated rings. The number of aromatic nitrogens is 1. The average molecular weight is 454 g/mol. The van der Waals surface area contributed by atoms with E-state index in [1.165, 1.54) is 7.11 Å². The molecule has 2 unspecified atom stereocenters. The van der Waals surface area contributed by atoms with E-state index in [1.54, 1.807) is 32.2 Å². The summed E-state index contributed by atoms with van der Waals surface area (Å²) in [4.78, 5) is 23.4. The van der Waals surface area contributed by atoms with E-state index < -0.39 is 24.0 Å². The van der Waals surface area contributed by atoms with Crippen LogP contribution in [0.5, 0.6) is 5.75 Å². The Hall–Kier alpha value is -3.32. The molecule has 0 bridgehead atoms. The largest absolute Gasteiger partial charge is 0.496 e. The SMILES string of the molecule is CCCn1cc(Cc2ccc(C(=O)OC)cc2OC)c2cc(C(O)C(CC)C(=O)O)ccc21. The summed E-state index contributed by atoms with van der Waals surface area (Å²) in [5.41, 5.74) is 3.95. The van der Waals surface area contributed by atoms with Gasteiger partial charge in [-0.3, -0.25) is 4.79 Å². The number of ether oxygens (including phenoxy) is 2. The number of carboxylic acid groups (broad SMARTS) is 1. The summed E-state index contributed by atoms with van der Waals surface area (Å²) in [5.74, 6) is -1.72. The molecule has 1 heterocycles. The minimum Gasteiger partial charge on any atom is -0.496 e. The zero-order chi connectivity index (χ0) is 24.1. The first-order valence-electron chi connectivity index (χ1n) is 11.1. The van der Waals surface area contributed by atoms with E-state index in [0.29, 0.717) is 29.7 Å². The zero-order valence-corrected chi connectivity index (χ0v) is 19.5. The van der Waals surface area contributed by atoms with Crippen LogP contribution in [0.15, 0.2) is 42.6 Å². The number of aryl methyl sites for hydroxylation is 1. The lowest BCUT2D eigenvalue weighted by Crippen LogP contribution is -2.21. The number of carbonyl (C=O) groups is 2. The lowest BCUT2D eigenvalue weighted by Gasteiger charge is -2.18. The fraction of sp³-hybridized carbons (Fsp3) is 0.385. The molecule has 2 aromatic carbocycles. The molecule has 2 N–H and O–H groups in total. The molecule has 7 heteroatoms. The Morgan fingerprint density at radius 3 is 2.42 bits per heavy atom. The first kappa shape index (κ1) is 24.3. The van der Waals surface area contributed by atoms with E-state index in [1.807, 2.05) is 18.2 Å². The van der Waals surface area contributed by atoms with Crippen molar-refractivity contribution in [3.8, 4) is 5.75 Å². The van der Waals surface area contributed by atoms with E-state index in [4.69, 9.17) is 9.47 Å². The van der Waals surface area contributed by atoms with Crippen LogP contribution in [0.2, 0.25) is 0 Å². The predicted octanol–water partition coefficient (Wildman–Crippen LogP) is 4.58. The maximum absolute atomic E-state index is 11.9.